The lowest BCUT2D eigenvalue weighted by Crippen LogP contribution is -2.48. The number of nitrogens with one attached hydrogen (secondary N) is 1. The highest BCUT2D eigenvalue weighted by Crippen LogP contribution is 2.46. The minimum absolute atomic E-state index is 0.0475. The molecule has 1 saturated carbocycles. The molecule has 126 valence electrons. The van der Waals surface area contributed by atoms with Gasteiger partial charge in [-0.1, -0.05) is 0 Å². The van der Waals surface area contributed by atoms with E-state index in [9.17, 15) is 22.0 Å². The molecule has 0 aromatic rings. The van der Waals surface area contributed by atoms with Crippen molar-refractivity contribution in [1.82, 2.24) is 9.62 Å². The average Bonchev–Trinajstić information content (AvgIpc) is 2.88. The van der Waals surface area contributed by atoms with Crippen LogP contribution in [-0.2, 0) is 19.6 Å². The molecule has 2 atom stereocenters. The Labute approximate surface area is 128 Å². The zero-order valence-electron chi connectivity index (χ0n) is 12.3. The van der Waals surface area contributed by atoms with E-state index < -0.39 is 27.3 Å². The molecular weight excluding hydrogens is 318 g/mol. The Kier molecular flexibility index (Phi) is 3.73. The Morgan fingerprint density at radius 1 is 1.41 bits per heavy atom. The van der Waals surface area contributed by atoms with Crippen molar-refractivity contribution in [3.8, 4) is 0 Å². The lowest BCUT2D eigenvalue weighted by Gasteiger charge is -2.36. The molecule has 2 aliphatic heterocycles. The molecule has 1 amide bonds. The number of fused-ring (bicyclic) bond motifs is 1. The van der Waals surface area contributed by atoms with E-state index in [1.165, 1.54) is 0 Å². The van der Waals surface area contributed by atoms with Crippen molar-refractivity contribution in [3.05, 3.63) is 0 Å². The van der Waals surface area contributed by atoms with Crippen LogP contribution in [0.3, 0.4) is 0 Å². The van der Waals surface area contributed by atoms with Gasteiger partial charge in [-0.25, -0.2) is 21.9 Å². The first-order valence-corrected chi connectivity index (χ1v) is 9.18. The predicted molar refractivity (Wildman–Crippen MR) is 73.8 cm³/mol. The number of alkyl halides is 2. The van der Waals surface area contributed by atoms with Crippen LogP contribution in [-0.4, -0.2) is 64.3 Å². The Hall–Kier alpha value is -0.800. The van der Waals surface area contributed by atoms with Gasteiger partial charge >= 0.3 is 0 Å². The monoisotopic (exact) mass is 338 g/mol. The maximum absolute atomic E-state index is 12.9. The molecule has 3 fully saturated rings. The van der Waals surface area contributed by atoms with E-state index >= 15 is 0 Å². The molecular formula is C13H20F2N2O4S. The van der Waals surface area contributed by atoms with Gasteiger partial charge in [0.05, 0.1) is 19.5 Å². The summed E-state index contributed by atoms with van der Waals surface area (Å²) in [6, 6.07) is 0. The van der Waals surface area contributed by atoms with E-state index in [0.29, 0.717) is 26.3 Å². The van der Waals surface area contributed by atoms with Gasteiger partial charge in [0, 0.05) is 49.7 Å². The van der Waals surface area contributed by atoms with Crippen LogP contribution in [0.2, 0.25) is 0 Å². The topological polar surface area (TPSA) is 75.7 Å². The zero-order valence-corrected chi connectivity index (χ0v) is 13.2. The molecule has 6 nitrogen and oxygen atoms in total. The molecule has 0 radical (unpaired) electrons. The molecule has 0 bridgehead atoms. The van der Waals surface area contributed by atoms with Gasteiger partial charge in [-0.3, -0.25) is 4.79 Å². The molecule has 1 N–H and O–H groups in total. The Bertz CT molecular complexity index is 575. The highest BCUT2D eigenvalue weighted by Gasteiger charge is 2.55. The number of nitrogens with zero attached hydrogens (tertiary/aromatic N) is 1. The minimum Gasteiger partial charge on any atom is -0.380 e. The first kappa shape index (κ1) is 16.1. The molecule has 0 spiro atoms. The van der Waals surface area contributed by atoms with E-state index in [0.717, 1.165) is 6.26 Å². The number of carbonyl (C=O) groups excluding carboxylic acids is 1. The van der Waals surface area contributed by atoms with Crippen molar-refractivity contribution in [3.63, 3.8) is 0 Å². The summed E-state index contributed by atoms with van der Waals surface area (Å²) in [6.07, 6.45) is 0.332. The van der Waals surface area contributed by atoms with Gasteiger partial charge in [0.2, 0.25) is 21.9 Å². The molecule has 0 unspecified atom stereocenters. The highest BCUT2D eigenvalue weighted by molar-refractivity contribution is 7.88. The molecule has 0 aromatic heterocycles. The van der Waals surface area contributed by atoms with Gasteiger partial charge in [-0.05, 0) is 0 Å². The van der Waals surface area contributed by atoms with Crippen LogP contribution in [0, 0.1) is 17.3 Å². The summed E-state index contributed by atoms with van der Waals surface area (Å²) >= 11 is 0. The number of sulfonamides is 1. The summed E-state index contributed by atoms with van der Waals surface area (Å²) in [7, 11) is -3.33. The number of likely N-dealkylation sites (tertiary alicyclic amines) is 1. The van der Waals surface area contributed by atoms with Crippen LogP contribution >= 0.6 is 0 Å². The summed E-state index contributed by atoms with van der Waals surface area (Å²) in [6.45, 7) is 1.87. The van der Waals surface area contributed by atoms with Crippen molar-refractivity contribution in [2.75, 3.05) is 39.1 Å². The second kappa shape index (κ2) is 5.10. The van der Waals surface area contributed by atoms with Crippen LogP contribution in [0.4, 0.5) is 8.78 Å². The van der Waals surface area contributed by atoms with Crippen LogP contribution < -0.4 is 4.72 Å². The summed E-state index contributed by atoms with van der Waals surface area (Å²) in [5.41, 5.74) is -0.439. The van der Waals surface area contributed by atoms with Crippen LogP contribution in [0.1, 0.15) is 12.8 Å². The van der Waals surface area contributed by atoms with Crippen molar-refractivity contribution in [1.29, 1.82) is 0 Å². The van der Waals surface area contributed by atoms with E-state index in [1.807, 2.05) is 0 Å². The number of amides is 1. The quantitative estimate of drug-likeness (QED) is 0.786. The summed E-state index contributed by atoms with van der Waals surface area (Å²) in [5, 5.41) is 0. The normalized spacial score (nSPS) is 34.5. The molecule has 3 rings (SSSR count). The molecule has 0 aromatic carbocycles. The van der Waals surface area contributed by atoms with Crippen molar-refractivity contribution < 1.29 is 26.7 Å². The summed E-state index contributed by atoms with van der Waals surface area (Å²) in [4.78, 5) is 13.9. The summed E-state index contributed by atoms with van der Waals surface area (Å²) in [5.74, 6) is -3.51. The first-order valence-electron chi connectivity index (χ1n) is 7.29. The third-order valence-corrected chi connectivity index (χ3v) is 5.63. The lowest BCUT2D eigenvalue weighted by molar-refractivity contribution is -0.159. The van der Waals surface area contributed by atoms with Gasteiger partial charge in [-0.2, -0.15) is 0 Å². The van der Waals surface area contributed by atoms with E-state index in [4.69, 9.17) is 4.74 Å². The van der Waals surface area contributed by atoms with Gasteiger partial charge in [0.1, 0.15) is 0 Å². The van der Waals surface area contributed by atoms with Crippen LogP contribution in [0.15, 0.2) is 0 Å². The molecule has 1 aliphatic carbocycles. The van der Waals surface area contributed by atoms with Gasteiger partial charge in [-0.15, -0.1) is 0 Å². The number of rotatable bonds is 4. The molecule has 22 heavy (non-hydrogen) atoms. The van der Waals surface area contributed by atoms with E-state index in [2.05, 4.69) is 4.72 Å². The first-order chi connectivity index (χ1) is 10.1. The van der Waals surface area contributed by atoms with Crippen molar-refractivity contribution in [2.45, 2.75) is 18.8 Å². The average molecular weight is 338 g/mol. The lowest BCUT2D eigenvalue weighted by atomic mass is 9.80. The van der Waals surface area contributed by atoms with Crippen molar-refractivity contribution in [2.24, 2.45) is 17.3 Å². The maximum atomic E-state index is 12.9. The fourth-order valence-electron chi connectivity index (χ4n) is 3.62. The van der Waals surface area contributed by atoms with Gasteiger partial charge < -0.3 is 9.64 Å². The third-order valence-electron chi connectivity index (χ3n) is 4.96. The van der Waals surface area contributed by atoms with Crippen LogP contribution in [0.5, 0.6) is 0 Å². The summed E-state index contributed by atoms with van der Waals surface area (Å²) < 4.78 is 56.4. The fraction of sp³-hybridized carbons (Fsp3) is 0.923. The van der Waals surface area contributed by atoms with E-state index in [1.54, 1.807) is 4.90 Å². The molecule has 2 saturated heterocycles. The smallest absolute Gasteiger partial charge is 0.249 e. The van der Waals surface area contributed by atoms with Gasteiger partial charge in [0.25, 0.3) is 0 Å². The van der Waals surface area contributed by atoms with Crippen molar-refractivity contribution >= 4 is 15.9 Å². The predicted octanol–water partition coefficient (Wildman–Crippen LogP) is 0.0559. The van der Waals surface area contributed by atoms with Gasteiger partial charge in [0.15, 0.2) is 0 Å². The Morgan fingerprint density at radius 2 is 2.09 bits per heavy atom. The number of hydrogen-bond acceptors (Lipinski definition) is 4. The Morgan fingerprint density at radius 3 is 2.68 bits per heavy atom. The SMILES string of the molecule is CS(=O)(=O)NC[C@]12COC[C@H]1CN(C(=O)C1CC(F)(F)C1)C2. The zero-order chi connectivity index (χ0) is 16.2. The second-order valence-corrected chi connectivity index (χ2v) is 8.68. The number of ether oxygens (including phenoxy) is 1. The fourth-order valence-corrected chi connectivity index (χ4v) is 4.17. The van der Waals surface area contributed by atoms with E-state index in [-0.39, 0.29) is 31.2 Å². The molecule has 3 aliphatic rings. The number of halogens is 2. The Balaban J connectivity index is 1.65. The van der Waals surface area contributed by atoms with Crippen LogP contribution in [0.25, 0.3) is 0 Å². The minimum atomic E-state index is -3.33. The standard InChI is InChI=1S/C13H20F2N2O4S/c1-22(19,20)16-6-12-7-17(4-10(12)5-21-8-12)11(18)9-2-13(14,15)3-9/h9-10,16H,2-8H2,1H3/t10-,12+/m1/s1. The third kappa shape index (κ3) is 2.98. The largest absolute Gasteiger partial charge is 0.380 e. The second-order valence-electron chi connectivity index (χ2n) is 6.85. The molecule has 2 heterocycles. The molecule has 9 heteroatoms. The number of hydrogen-bond donors (Lipinski definition) is 1. The number of carbonyl (C=O) groups is 1. The maximum Gasteiger partial charge on any atom is 0.249 e. The highest BCUT2D eigenvalue weighted by atomic mass is 32.2.